The zero-order valence-corrected chi connectivity index (χ0v) is 10.7. The first-order valence-electron chi connectivity index (χ1n) is 6.34. The van der Waals surface area contributed by atoms with E-state index in [-0.39, 0.29) is 11.9 Å². The standard InChI is InChI=1S/C11H20N6O/c1-10(16-6-2-12-3-7-16)11(18)13-4-8-17-9-5-14-15-17/h5,9-10,12H,2-4,6-8H2,1H3,(H,13,18). The van der Waals surface area contributed by atoms with Crippen LogP contribution in [-0.4, -0.2) is 64.6 Å². The Morgan fingerprint density at radius 3 is 2.94 bits per heavy atom. The smallest absolute Gasteiger partial charge is 0.237 e. The second kappa shape index (κ2) is 6.46. The summed E-state index contributed by atoms with van der Waals surface area (Å²) in [6, 6.07) is -0.0668. The quantitative estimate of drug-likeness (QED) is 0.680. The lowest BCUT2D eigenvalue weighted by Gasteiger charge is -2.31. The van der Waals surface area contributed by atoms with Crippen molar-refractivity contribution in [1.29, 1.82) is 0 Å². The van der Waals surface area contributed by atoms with Crippen molar-refractivity contribution in [2.24, 2.45) is 0 Å². The molecular formula is C11H20N6O. The average Bonchev–Trinajstić information content (AvgIpc) is 2.92. The molecule has 2 N–H and O–H groups in total. The molecule has 1 saturated heterocycles. The lowest BCUT2D eigenvalue weighted by Crippen LogP contribution is -2.52. The second-order valence-electron chi connectivity index (χ2n) is 4.42. The van der Waals surface area contributed by atoms with Crippen molar-refractivity contribution >= 4 is 5.91 Å². The molecular weight excluding hydrogens is 232 g/mol. The molecule has 18 heavy (non-hydrogen) atoms. The van der Waals surface area contributed by atoms with E-state index in [0.29, 0.717) is 13.1 Å². The van der Waals surface area contributed by atoms with E-state index in [1.54, 1.807) is 17.1 Å². The predicted octanol–water partition coefficient (Wildman–Crippen LogP) is -1.31. The molecule has 1 aromatic heterocycles. The number of hydrogen-bond donors (Lipinski definition) is 2. The molecule has 2 rings (SSSR count). The van der Waals surface area contributed by atoms with Crippen molar-refractivity contribution in [3.8, 4) is 0 Å². The maximum atomic E-state index is 12.0. The zero-order chi connectivity index (χ0) is 12.8. The third-order valence-electron chi connectivity index (χ3n) is 3.19. The minimum atomic E-state index is -0.0668. The van der Waals surface area contributed by atoms with Gasteiger partial charge in [-0.15, -0.1) is 5.10 Å². The molecule has 0 aliphatic carbocycles. The van der Waals surface area contributed by atoms with Gasteiger partial charge in [-0.05, 0) is 6.92 Å². The molecule has 1 amide bonds. The highest BCUT2D eigenvalue weighted by atomic mass is 16.2. The van der Waals surface area contributed by atoms with Crippen LogP contribution in [0.5, 0.6) is 0 Å². The van der Waals surface area contributed by atoms with Crippen LogP contribution in [0.15, 0.2) is 12.4 Å². The Hall–Kier alpha value is -1.47. The Kier molecular flexibility index (Phi) is 4.66. The Bertz CT molecular complexity index is 360. The van der Waals surface area contributed by atoms with Gasteiger partial charge in [-0.1, -0.05) is 5.21 Å². The highest BCUT2D eigenvalue weighted by Crippen LogP contribution is 2.00. The first kappa shape index (κ1) is 13.0. The molecule has 0 radical (unpaired) electrons. The third kappa shape index (κ3) is 3.51. The predicted molar refractivity (Wildman–Crippen MR) is 66.9 cm³/mol. The molecule has 1 aliphatic rings. The van der Waals surface area contributed by atoms with Crippen molar-refractivity contribution < 1.29 is 4.79 Å². The summed E-state index contributed by atoms with van der Waals surface area (Å²) in [5, 5.41) is 13.8. The van der Waals surface area contributed by atoms with Crippen molar-refractivity contribution in [1.82, 2.24) is 30.5 Å². The summed E-state index contributed by atoms with van der Waals surface area (Å²) >= 11 is 0. The lowest BCUT2D eigenvalue weighted by molar-refractivity contribution is -0.126. The number of amides is 1. The van der Waals surface area contributed by atoms with Gasteiger partial charge in [0, 0.05) is 38.9 Å². The van der Waals surface area contributed by atoms with Gasteiger partial charge in [0.2, 0.25) is 5.91 Å². The van der Waals surface area contributed by atoms with Crippen LogP contribution < -0.4 is 10.6 Å². The Morgan fingerprint density at radius 1 is 1.50 bits per heavy atom. The van der Waals surface area contributed by atoms with Gasteiger partial charge in [-0.25, -0.2) is 0 Å². The Balaban J connectivity index is 1.70. The Labute approximate surface area is 107 Å². The van der Waals surface area contributed by atoms with Crippen LogP contribution in [0.3, 0.4) is 0 Å². The Morgan fingerprint density at radius 2 is 2.28 bits per heavy atom. The van der Waals surface area contributed by atoms with Crippen molar-refractivity contribution in [3.05, 3.63) is 12.4 Å². The minimum Gasteiger partial charge on any atom is -0.353 e. The molecule has 7 nitrogen and oxygen atoms in total. The first-order valence-corrected chi connectivity index (χ1v) is 6.34. The van der Waals surface area contributed by atoms with Gasteiger partial charge in [0.1, 0.15) is 0 Å². The number of nitrogens with one attached hydrogen (secondary N) is 2. The summed E-state index contributed by atoms with van der Waals surface area (Å²) in [6.45, 7) is 6.96. The molecule has 7 heteroatoms. The van der Waals surface area contributed by atoms with Gasteiger partial charge in [-0.3, -0.25) is 14.4 Å². The van der Waals surface area contributed by atoms with Crippen LogP contribution in [0.4, 0.5) is 0 Å². The maximum Gasteiger partial charge on any atom is 0.237 e. The van der Waals surface area contributed by atoms with Crippen LogP contribution >= 0.6 is 0 Å². The van der Waals surface area contributed by atoms with Crippen molar-refractivity contribution in [2.45, 2.75) is 19.5 Å². The molecule has 0 saturated carbocycles. The van der Waals surface area contributed by atoms with Gasteiger partial charge in [-0.2, -0.15) is 0 Å². The van der Waals surface area contributed by atoms with E-state index >= 15 is 0 Å². The molecule has 1 aromatic rings. The normalized spacial score (nSPS) is 18.5. The van der Waals surface area contributed by atoms with Crippen LogP contribution in [-0.2, 0) is 11.3 Å². The van der Waals surface area contributed by atoms with E-state index < -0.39 is 0 Å². The third-order valence-corrected chi connectivity index (χ3v) is 3.19. The molecule has 1 atom stereocenters. The molecule has 2 heterocycles. The van der Waals surface area contributed by atoms with E-state index in [4.69, 9.17) is 0 Å². The van der Waals surface area contributed by atoms with Crippen LogP contribution in [0.25, 0.3) is 0 Å². The average molecular weight is 252 g/mol. The van der Waals surface area contributed by atoms with Gasteiger partial charge >= 0.3 is 0 Å². The molecule has 1 fully saturated rings. The largest absolute Gasteiger partial charge is 0.353 e. The lowest BCUT2D eigenvalue weighted by atomic mass is 10.2. The molecule has 1 aliphatic heterocycles. The van der Waals surface area contributed by atoms with E-state index in [2.05, 4.69) is 25.8 Å². The van der Waals surface area contributed by atoms with Crippen molar-refractivity contribution in [3.63, 3.8) is 0 Å². The number of piperazine rings is 1. The number of carbonyl (C=O) groups is 1. The summed E-state index contributed by atoms with van der Waals surface area (Å²) in [6.07, 6.45) is 3.41. The van der Waals surface area contributed by atoms with Gasteiger partial charge < -0.3 is 10.6 Å². The number of aromatic nitrogens is 3. The molecule has 1 unspecified atom stereocenters. The SMILES string of the molecule is CC(C(=O)NCCn1ccnn1)N1CCNCC1. The number of rotatable bonds is 5. The van der Waals surface area contributed by atoms with E-state index in [1.165, 1.54) is 0 Å². The van der Waals surface area contributed by atoms with Crippen LogP contribution in [0.2, 0.25) is 0 Å². The molecule has 0 bridgehead atoms. The molecule has 100 valence electrons. The summed E-state index contributed by atoms with van der Waals surface area (Å²) in [7, 11) is 0. The fourth-order valence-corrected chi connectivity index (χ4v) is 2.03. The minimum absolute atomic E-state index is 0.0668. The number of hydrogen-bond acceptors (Lipinski definition) is 5. The first-order chi connectivity index (χ1) is 8.77. The zero-order valence-electron chi connectivity index (χ0n) is 10.7. The van der Waals surface area contributed by atoms with Gasteiger partial charge in [0.25, 0.3) is 0 Å². The highest BCUT2D eigenvalue weighted by Gasteiger charge is 2.21. The summed E-state index contributed by atoms with van der Waals surface area (Å²) in [5.74, 6) is 0.0806. The highest BCUT2D eigenvalue weighted by molar-refractivity contribution is 5.81. The number of carbonyl (C=O) groups excluding carboxylic acids is 1. The fourth-order valence-electron chi connectivity index (χ4n) is 2.03. The van der Waals surface area contributed by atoms with Gasteiger partial charge in [0.15, 0.2) is 0 Å². The topological polar surface area (TPSA) is 75.1 Å². The van der Waals surface area contributed by atoms with Crippen LogP contribution in [0.1, 0.15) is 6.92 Å². The summed E-state index contributed by atoms with van der Waals surface area (Å²) in [4.78, 5) is 14.1. The monoisotopic (exact) mass is 252 g/mol. The number of nitrogens with zero attached hydrogens (tertiary/aromatic N) is 4. The van der Waals surface area contributed by atoms with Crippen LogP contribution in [0, 0.1) is 0 Å². The molecule has 0 aromatic carbocycles. The fraction of sp³-hybridized carbons (Fsp3) is 0.727. The molecule has 0 spiro atoms. The van der Waals surface area contributed by atoms with E-state index in [9.17, 15) is 4.79 Å². The van der Waals surface area contributed by atoms with Crippen molar-refractivity contribution in [2.75, 3.05) is 32.7 Å². The van der Waals surface area contributed by atoms with E-state index in [0.717, 1.165) is 26.2 Å². The van der Waals surface area contributed by atoms with Gasteiger partial charge in [0.05, 0.1) is 18.8 Å². The maximum absolute atomic E-state index is 12.0. The van der Waals surface area contributed by atoms with E-state index in [1.807, 2.05) is 6.92 Å². The summed E-state index contributed by atoms with van der Waals surface area (Å²) in [5.41, 5.74) is 0. The summed E-state index contributed by atoms with van der Waals surface area (Å²) < 4.78 is 1.70. The second-order valence-corrected chi connectivity index (χ2v) is 4.42.